The van der Waals surface area contributed by atoms with Crippen molar-refractivity contribution in [3.05, 3.63) is 60.8 Å². The maximum Gasteiger partial charge on any atom is 0.335 e. The minimum atomic E-state index is -1.90. The number of hydrogen-bond acceptors (Lipinski definition) is 11. The summed E-state index contributed by atoms with van der Waals surface area (Å²) >= 11 is 0. The number of esters is 3. The number of aliphatic hydroxyl groups excluding tert-OH is 2. The van der Waals surface area contributed by atoms with Gasteiger partial charge < -0.3 is 39.0 Å². The Hall–Kier alpha value is -3.58. The normalized spacial score (nSPS) is 18.9. The first-order valence-corrected chi connectivity index (χ1v) is 28.3. The first kappa shape index (κ1) is 65.4. The molecule has 1 heterocycles. The molecule has 12 heteroatoms. The number of carbonyl (C=O) groups is 4. The molecule has 12 nitrogen and oxygen atoms in total. The molecule has 1 fully saturated rings. The van der Waals surface area contributed by atoms with Gasteiger partial charge in [0.2, 0.25) is 0 Å². The molecule has 6 atom stereocenters. The van der Waals surface area contributed by atoms with Gasteiger partial charge in [0, 0.05) is 19.3 Å². The van der Waals surface area contributed by atoms with Crippen molar-refractivity contribution < 1.29 is 58.2 Å². The monoisotopic (exact) mass is 1000 g/mol. The molecule has 0 spiro atoms. The van der Waals surface area contributed by atoms with E-state index >= 15 is 0 Å². The number of allylic oxidation sites excluding steroid dienone is 10. The molecular weight excluding hydrogens is 901 g/mol. The highest BCUT2D eigenvalue weighted by molar-refractivity contribution is 5.74. The minimum absolute atomic E-state index is 0.0596. The Kier molecular flexibility index (Phi) is 43.7. The highest BCUT2D eigenvalue weighted by Gasteiger charge is 2.50. The molecule has 1 rings (SSSR count). The number of carboxylic acid groups (broad SMARTS) is 1. The van der Waals surface area contributed by atoms with Crippen LogP contribution in [0.3, 0.4) is 0 Å². The Morgan fingerprint density at radius 2 is 0.887 bits per heavy atom. The van der Waals surface area contributed by atoms with Crippen LogP contribution in [0.15, 0.2) is 60.8 Å². The van der Waals surface area contributed by atoms with Gasteiger partial charge in [0.05, 0.1) is 6.61 Å². The van der Waals surface area contributed by atoms with Gasteiger partial charge in [0.15, 0.2) is 24.6 Å². The Bertz CT molecular complexity index is 1470. The highest BCUT2D eigenvalue weighted by Crippen LogP contribution is 2.26. The Morgan fingerprint density at radius 1 is 0.479 bits per heavy atom. The third-order valence-electron chi connectivity index (χ3n) is 12.6. The zero-order chi connectivity index (χ0) is 51.8. The molecule has 0 amide bonds. The number of aliphatic carboxylic acids is 1. The topological polar surface area (TPSA) is 175 Å². The Labute approximate surface area is 430 Å². The molecule has 0 aliphatic carbocycles. The number of rotatable bonds is 47. The standard InChI is InChI=1S/C59H100O12/c1-4-7-10-13-16-19-22-23-24-25-26-27-28-29-32-33-36-39-42-45-51(60)67-48-50(69-52(61)46-43-40-37-34-30-20-17-14-11-8-5-2)49-68-59-57(55(64)54(63)56(71-59)58(65)66)70-53(62)47-44-41-38-35-31-21-18-15-12-9-6-3/h7,10,16,19,23-24,26-27,29,32,50,54-57,59,63-64H,4-6,8-9,11-15,17-18,20-22,25,28,30-31,33-49H2,1-3H3,(H,65,66)/b10-7-,19-16-,24-23-,27-26-,32-29-. The number of unbranched alkanes of at least 4 members (excludes halogenated alkanes) is 23. The molecule has 0 aromatic heterocycles. The van der Waals surface area contributed by atoms with Crippen molar-refractivity contribution in [2.75, 3.05) is 13.2 Å². The molecule has 1 aliphatic rings. The van der Waals surface area contributed by atoms with E-state index in [-0.39, 0.29) is 25.9 Å². The molecule has 6 unspecified atom stereocenters. The Morgan fingerprint density at radius 3 is 1.35 bits per heavy atom. The number of carboxylic acids is 1. The van der Waals surface area contributed by atoms with Crippen LogP contribution in [0.25, 0.3) is 0 Å². The smallest absolute Gasteiger partial charge is 0.335 e. The van der Waals surface area contributed by atoms with Gasteiger partial charge in [0.25, 0.3) is 0 Å². The van der Waals surface area contributed by atoms with Gasteiger partial charge in [-0.15, -0.1) is 0 Å². The first-order valence-electron chi connectivity index (χ1n) is 28.3. The van der Waals surface area contributed by atoms with Crippen molar-refractivity contribution in [3.63, 3.8) is 0 Å². The summed E-state index contributed by atoms with van der Waals surface area (Å²) in [6, 6.07) is 0. The summed E-state index contributed by atoms with van der Waals surface area (Å²) in [4.78, 5) is 50.9. The van der Waals surface area contributed by atoms with Crippen molar-refractivity contribution in [2.45, 2.75) is 276 Å². The number of carbonyl (C=O) groups excluding carboxylic acids is 3. The number of aliphatic hydroxyl groups is 2. The minimum Gasteiger partial charge on any atom is -0.479 e. The van der Waals surface area contributed by atoms with Gasteiger partial charge in [-0.3, -0.25) is 14.4 Å². The third kappa shape index (κ3) is 37.8. The second-order valence-corrected chi connectivity index (χ2v) is 19.2. The van der Waals surface area contributed by atoms with E-state index in [0.717, 1.165) is 96.3 Å². The van der Waals surface area contributed by atoms with E-state index in [2.05, 4.69) is 81.5 Å². The van der Waals surface area contributed by atoms with Crippen LogP contribution >= 0.6 is 0 Å². The zero-order valence-electron chi connectivity index (χ0n) is 44.7. The molecule has 0 radical (unpaired) electrons. The predicted octanol–water partition coefficient (Wildman–Crippen LogP) is 14.0. The summed E-state index contributed by atoms with van der Waals surface area (Å²) in [6.07, 6.45) is 44.9. The van der Waals surface area contributed by atoms with Crippen molar-refractivity contribution in [3.8, 4) is 0 Å². The fourth-order valence-corrected chi connectivity index (χ4v) is 8.28. The summed E-state index contributed by atoms with van der Waals surface area (Å²) < 4.78 is 28.3. The molecule has 0 aromatic rings. The third-order valence-corrected chi connectivity index (χ3v) is 12.6. The van der Waals surface area contributed by atoms with Crippen LogP contribution in [0.5, 0.6) is 0 Å². The van der Waals surface area contributed by atoms with Crippen LogP contribution in [0.4, 0.5) is 0 Å². The van der Waals surface area contributed by atoms with Crippen LogP contribution in [-0.4, -0.2) is 89.2 Å². The Balaban J connectivity index is 2.70. The summed E-state index contributed by atoms with van der Waals surface area (Å²) in [6.45, 7) is 5.82. The molecule has 71 heavy (non-hydrogen) atoms. The fraction of sp³-hybridized carbons (Fsp3) is 0.763. The summed E-state index contributed by atoms with van der Waals surface area (Å²) in [5.74, 6) is -3.15. The van der Waals surface area contributed by atoms with Crippen LogP contribution in [0, 0.1) is 0 Å². The fourth-order valence-electron chi connectivity index (χ4n) is 8.28. The second kappa shape index (κ2) is 47.4. The second-order valence-electron chi connectivity index (χ2n) is 19.2. The highest BCUT2D eigenvalue weighted by atomic mass is 16.7. The molecule has 0 saturated carbocycles. The van der Waals surface area contributed by atoms with Gasteiger partial charge in [-0.25, -0.2) is 4.79 Å². The average molecular weight is 1000 g/mol. The van der Waals surface area contributed by atoms with Gasteiger partial charge in [-0.2, -0.15) is 0 Å². The quantitative estimate of drug-likeness (QED) is 0.0228. The van der Waals surface area contributed by atoms with E-state index in [1.165, 1.54) is 83.5 Å². The lowest BCUT2D eigenvalue weighted by Gasteiger charge is -2.40. The van der Waals surface area contributed by atoms with Crippen LogP contribution in [-0.2, 0) is 42.9 Å². The lowest BCUT2D eigenvalue weighted by atomic mass is 9.98. The maximum atomic E-state index is 13.1. The van der Waals surface area contributed by atoms with Crippen LogP contribution in [0.2, 0.25) is 0 Å². The lowest BCUT2D eigenvalue weighted by Crippen LogP contribution is -2.61. The van der Waals surface area contributed by atoms with E-state index in [9.17, 15) is 34.5 Å². The first-order chi connectivity index (χ1) is 34.6. The van der Waals surface area contributed by atoms with Crippen LogP contribution in [0.1, 0.15) is 239 Å². The van der Waals surface area contributed by atoms with Gasteiger partial charge in [-0.05, 0) is 64.2 Å². The van der Waals surface area contributed by atoms with E-state index in [1.807, 2.05) is 0 Å². The summed E-state index contributed by atoms with van der Waals surface area (Å²) in [5, 5.41) is 31.4. The summed E-state index contributed by atoms with van der Waals surface area (Å²) in [5.41, 5.74) is 0. The molecule has 0 bridgehead atoms. The van der Waals surface area contributed by atoms with Gasteiger partial charge in [0.1, 0.15) is 18.8 Å². The van der Waals surface area contributed by atoms with E-state index in [4.69, 9.17) is 23.7 Å². The van der Waals surface area contributed by atoms with Crippen molar-refractivity contribution >= 4 is 23.9 Å². The van der Waals surface area contributed by atoms with E-state index < -0.39 is 67.3 Å². The van der Waals surface area contributed by atoms with Gasteiger partial charge >= 0.3 is 23.9 Å². The molecule has 408 valence electrons. The number of hydrogen-bond donors (Lipinski definition) is 3. The van der Waals surface area contributed by atoms with E-state index in [1.54, 1.807) is 0 Å². The predicted molar refractivity (Wildman–Crippen MR) is 285 cm³/mol. The molecule has 1 aliphatic heterocycles. The number of ether oxygens (including phenoxy) is 5. The average Bonchev–Trinajstić information content (AvgIpc) is 3.35. The van der Waals surface area contributed by atoms with Crippen molar-refractivity contribution in [2.24, 2.45) is 0 Å². The molecule has 3 N–H and O–H groups in total. The molecular formula is C59H100O12. The van der Waals surface area contributed by atoms with Crippen LogP contribution < -0.4 is 0 Å². The lowest BCUT2D eigenvalue weighted by molar-refractivity contribution is -0.301. The van der Waals surface area contributed by atoms with Gasteiger partial charge in [-0.1, -0.05) is 216 Å². The largest absolute Gasteiger partial charge is 0.479 e. The zero-order valence-corrected chi connectivity index (χ0v) is 44.7. The van der Waals surface area contributed by atoms with E-state index in [0.29, 0.717) is 19.3 Å². The maximum absolute atomic E-state index is 13.1. The van der Waals surface area contributed by atoms with Crippen molar-refractivity contribution in [1.29, 1.82) is 0 Å². The van der Waals surface area contributed by atoms with Crippen molar-refractivity contribution in [1.82, 2.24) is 0 Å². The molecule has 0 aromatic carbocycles. The summed E-state index contributed by atoms with van der Waals surface area (Å²) in [7, 11) is 0. The SMILES string of the molecule is CC/C=C\C/C=C\C/C=C\C/C=C\C/C=C\CCCCCC(=O)OCC(COC1OC(C(=O)O)C(O)C(O)C1OC(=O)CCCCCCCCCCCCC)OC(=O)CCCCCCCCCCCCC. The molecule has 1 saturated heterocycles.